The molecule has 0 atom stereocenters. The maximum absolute atomic E-state index is 10.8. The summed E-state index contributed by atoms with van der Waals surface area (Å²) < 4.78 is 0. The quantitative estimate of drug-likeness (QED) is 0.543. The highest BCUT2D eigenvalue weighted by molar-refractivity contribution is 5.95. The Kier molecular flexibility index (Phi) is 1.72. The van der Waals surface area contributed by atoms with E-state index in [0.717, 1.165) is 6.33 Å². The molecule has 5 heteroatoms. The van der Waals surface area contributed by atoms with Crippen molar-refractivity contribution >= 4 is 5.78 Å². The highest BCUT2D eigenvalue weighted by Gasteiger charge is 2.11. The van der Waals surface area contributed by atoms with Crippen LogP contribution in [0, 0.1) is 0 Å². The van der Waals surface area contributed by atoms with E-state index in [1.807, 2.05) is 0 Å². The topological polar surface area (TPSA) is 83.0 Å². The Morgan fingerprint density at radius 3 is 2.73 bits per heavy atom. The first-order valence-electron chi connectivity index (χ1n) is 2.90. The van der Waals surface area contributed by atoms with E-state index in [1.165, 1.54) is 6.92 Å². The normalized spacial score (nSPS) is 9.55. The van der Waals surface area contributed by atoms with E-state index in [1.54, 1.807) is 0 Å². The lowest BCUT2D eigenvalue weighted by Crippen LogP contribution is -2.16. The van der Waals surface area contributed by atoms with Crippen LogP contribution in [0.5, 0.6) is 5.88 Å². The molecule has 0 fully saturated rings. The SMILES string of the molecule is CC(=O)c1c(O)nc[nH]c1=O. The van der Waals surface area contributed by atoms with E-state index in [-0.39, 0.29) is 5.56 Å². The number of hydrogen-bond donors (Lipinski definition) is 2. The van der Waals surface area contributed by atoms with Crippen molar-refractivity contribution in [3.8, 4) is 5.88 Å². The van der Waals surface area contributed by atoms with Crippen LogP contribution in [0.1, 0.15) is 17.3 Å². The summed E-state index contributed by atoms with van der Waals surface area (Å²) in [4.78, 5) is 27.0. The van der Waals surface area contributed by atoms with Gasteiger partial charge in [0.25, 0.3) is 5.56 Å². The Labute approximate surface area is 61.7 Å². The Morgan fingerprint density at radius 1 is 1.73 bits per heavy atom. The van der Waals surface area contributed by atoms with Crippen molar-refractivity contribution in [3.63, 3.8) is 0 Å². The number of nitrogens with one attached hydrogen (secondary N) is 1. The second kappa shape index (κ2) is 2.53. The Bertz CT molecular complexity index is 342. The fourth-order valence-corrected chi connectivity index (χ4v) is 0.708. The van der Waals surface area contributed by atoms with Crippen molar-refractivity contribution in [2.24, 2.45) is 0 Å². The molecule has 0 amide bonds. The molecule has 0 saturated carbocycles. The number of rotatable bonds is 1. The number of Topliss-reactive ketones (excluding diaryl/α,β-unsaturated/α-hetero) is 1. The van der Waals surface area contributed by atoms with E-state index in [0.29, 0.717) is 0 Å². The number of aromatic hydroxyl groups is 1. The van der Waals surface area contributed by atoms with Gasteiger partial charge in [0.1, 0.15) is 5.56 Å². The molecular formula is C6H6N2O3. The molecule has 0 bridgehead atoms. The first kappa shape index (κ1) is 7.46. The Balaban J connectivity index is 3.45. The van der Waals surface area contributed by atoms with E-state index < -0.39 is 17.2 Å². The van der Waals surface area contributed by atoms with Crippen molar-refractivity contribution in [3.05, 3.63) is 22.2 Å². The molecule has 1 rings (SSSR count). The summed E-state index contributed by atoms with van der Waals surface area (Å²) in [5.41, 5.74) is -0.919. The van der Waals surface area contributed by atoms with Crippen molar-refractivity contribution in [2.45, 2.75) is 6.92 Å². The first-order chi connectivity index (χ1) is 5.13. The van der Waals surface area contributed by atoms with E-state index in [9.17, 15) is 9.59 Å². The largest absolute Gasteiger partial charge is 0.493 e. The minimum absolute atomic E-state index is 0.299. The van der Waals surface area contributed by atoms with Crippen molar-refractivity contribution < 1.29 is 9.90 Å². The third-order valence-electron chi connectivity index (χ3n) is 1.19. The van der Waals surface area contributed by atoms with Gasteiger partial charge in [-0.25, -0.2) is 4.98 Å². The van der Waals surface area contributed by atoms with Crippen LogP contribution in [0.15, 0.2) is 11.1 Å². The molecule has 0 saturated heterocycles. The smallest absolute Gasteiger partial charge is 0.265 e. The zero-order valence-electron chi connectivity index (χ0n) is 5.79. The number of carbonyl (C=O) groups is 1. The van der Waals surface area contributed by atoms with Gasteiger partial charge >= 0.3 is 0 Å². The van der Waals surface area contributed by atoms with Crippen molar-refractivity contribution in [1.82, 2.24) is 9.97 Å². The molecule has 0 aliphatic rings. The van der Waals surface area contributed by atoms with Crippen LogP contribution in [-0.4, -0.2) is 20.9 Å². The third-order valence-corrected chi connectivity index (χ3v) is 1.19. The number of H-pyrrole nitrogens is 1. The molecule has 1 aromatic heterocycles. The maximum atomic E-state index is 10.8. The van der Waals surface area contributed by atoms with Crippen LogP contribution in [0.2, 0.25) is 0 Å². The third kappa shape index (κ3) is 1.26. The van der Waals surface area contributed by atoms with E-state index in [2.05, 4.69) is 9.97 Å². The molecule has 0 radical (unpaired) electrons. The number of hydrogen-bond acceptors (Lipinski definition) is 4. The summed E-state index contributed by atoms with van der Waals surface area (Å²) in [6.45, 7) is 1.19. The number of nitrogens with zero attached hydrogens (tertiary/aromatic N) is 1. The van der Waals surface area contributed by atoms with E-state index >= 15 is 0 Å². The van der Waals surface area contributed by atoms with Crippen molar-refractivity contribution in [1.29, 1.82) is 0 Å². The minimum atomic E-state index is -0.620. The second-order valence-corrected chi connectivity index (χ2v) is 1.99. The van der Waals surface area contributed by atoms with Crippen LogP contribution >= 0.6 is 0 Å². The molecule has 2 N–H and O–H groups in total. The number of aromatic nitrogens is 2. The van der Waals surface area contributed by atoms with Gasteiger partial charge in [-0.2, -0.15) is 0 Å². The molecule has 0 unspecified atom stereocenters. The predicted octanol–water partition coefficient (Wildman–Crippen LogP) is -0.322. The van der Waals surface area contributed by atoms with Gasteiger partial charge in [-0.1, -0.05) is 0 Å². The summed E-state index contributed by atoms with van der Waals surface area (Å²) in [5.74, 6) is -1.03. The molecule has 0 aromatic carbocycles. The predicted molar refractivity (Wildman–Crippen MR) is 36.5 cm³/mol. The number of ketones is 1. The second-order valence-electron chi connectivity index (χ2n) is 1.99. The van der Waals surface area contributed by atoms with Crippen LogP contribution in [0.4, 0.5) is 0 Å². The monoisotopic (exact) mass is 154 g/mol. The molecule has 1 aromatic rings. The Morgan fingerprint density at radius 2 is 2.36 bits per heavy atom. The highest BCUT2D eigenvalue weighted by atomic mass is 16.3. The van der Waals surface area contributed by atoms with Crippen LogP contribution in [-0.2, 0) is 0 Å². The highest BCUT2D eigenvalue weighted by Crippen LogP contribution is 2.05. The lowest BCUT2D eigenvalue weighted by atomic mass is 10.2. The standard InChI is InChI=1S/C6H6N2O3/c1-3(9)4-5(10)7-2-8-6(4)11/h2H,1H3,(H2,7,8,10,11). The summed E-state index contributed by atoms with van der Waals surface area (Å²) in [7, 11) is 0. The van der Waals surface area contributed by atoms with Gasteiger partial charge in [0, 0.05) is 0 Å². The molecule has 11 heavy (non-hydrogen) atoms. The molecule has 0 aliphatic carbocycles. The van der Waals surface area contributed by atoms with Gasteiger partial charge in [-0.3, -0.25) is 9.59 Å². The lowest BCUT2D eigenvalue weighted by molar-refractivity contribution is 0.101. The number of carbonyl (C=O) groups excluding carboxylic acids is 1. The van der Waals surface area contributed by atoms with Crippen molar-refractivity contribution in [2.75, 3.05) is 0 Å². The average molecular weight is 154 g/mol. The van der Waals surface area contributed by atoms with Gasteiger partial charge in [0.15, 0.2) is 5.78 Å². The van der Waals surface area contributed by atoms with Gasteiger partial charge in [0.2, 0.25) is 5.88 Å². The first-order valence-corrected chi connectivity index (χ1v) is 2.90. The minimum Gasteiger partial charge on any atom is -0.493 e. The van der Waals surface area contributed by atoms with Gasteiger partial charge in [-0.15, -0.1) is 0 Å². The summed E-state index contributed by atoms with van der Waals surface area (Å²) >= 11 is 0. The average Bonchev–Trinajstić information content (AvgIpc) is 1.85. The zero-order valence-corrected chi connectivity index (χ0v) is 5.79. The fourth-order valence-electron chi connectivity index (χ4n) is 0.708. The van der Waals surface area contributed by atoms with Gasteiger partial charge in [-0.05, 0) is 6.92 Å². The molecule has 0 spiro atoms. The zero-order chi connectivity index (χ0) is 8.43. The fraction of sp³-hybridized carbons (Fsp3) is 0.167. The summed E-state index contributed by atoms with van der Waals surface area (Å²) in [6.07, 6.45) is 1.03. The lowest BCUT2D eigenvalue weighted by Gasteiger charge is -1.94. The Hall–Kier alpha value is -1.65. The molecule has 58 valence electrons. The molecule has 0 aliphatic heterocycles. The summed E-state index contributed by atoms with van der Waals surface area (Å²) in [6, 6.07) is 0. The van der Waals surface area contributed by atoms with Crippen LogP contribution in [0.25, 0.3) is 0 Å². The molecular weight excluding hydrogens is 148 g/mol. The number of aromatic amines is 1. The van der Waals surface area contributed by atoms with Gasteiger partial charge < -0.3 is 10.1 Å². The molecule has 1 heterocycles. The maximum Gasteiger partial charge on any atom is 0.265 e. The molecule has 5 nitrogen and oxygen atoms in total. The van der Waals surface area contributed by atoms with E-state index in [4.69, 9.17) is 5.11 Å². The summed E-state index contributed by atoms with van der Waals surface area (Å²) in [5, 5.41) is 8.91. The van der Waals surface area contributed by atoms with Crippen LogP contribution < -0.4 is 5.56 Å². The van der Waals surface area contributed by atoms with Gasteiger partial charge in [0.05, 0.1) is 6.33 Å². The van der Waals surface area contributed by atoms with Crippen LogP contribution in [0.3, 0.4) is 0 Å².